The molecule has 0 aliphatic carbocycles. The van der Waals surface area contributed by atoms with Crippen LogP contribution in [0.3, 0.4) is 0 Å². The maximum absolute atomic E-state index is 14.5. The molecule has 1 fully saturated rings. The fraction of sp³-hybridized carbons (Fsp3) is 0.350. The van der Waals surface area contributed by atoms with Gasteiger partial charge < -0.3 is 9.64 Å². The normalized spacial score (nSPS) is 17.7. The lowest BCUT2D eigenvalue weighted by Crippen LogP contribution is -2.49. The second-order valence-electron chi connectivity index (χ2n) is 7.28. The number of carbonyl (C=O) groups is 1. The van der Waals surface area contributed by atoms with Crippen molar-refractivity contribution in [3.05, 3.63) is 58.4 Å². The molecule has 0 spiro atoms. The molecule has 2 aromatic carbocycles. The Hall–Kier alpha value is -2.04. The van der Waals surface area contributed by atoms with Crippen LogP contribution in [0.25, 0.3) is 11.1 Å². The Morgan fingerprint density at radius 1 is 1.30 bits per heavy atom. The molecule has 1 aliphatic rings. The van der Waals surface area contributed by atoms with Gasteiger partial charge in [-0.05, 0) is 37.2 Å². The lowest BCUT2D eigenvalue weighted by molar-refractivity contribution is -0.00694. The van der Waals surface area contributed by atoms with E-state index in [1.54, 1.807) is 0 Å². The van der Waals surface area contributed by atoms with Crippen LogP contribution in [-0.4, -0.2) is 57.8 Å². The predicted octanol–water partition coefficient (Wildman–Crippen LogP) is 2.35. The molecular formula is C20H23ClFN3O4S. The van der Waals surface area contributed by atoms with E-state index in [4.69, 9.17) is 16.3 Å². The van der Waals surface area contributed by atoms with Crippen LogP contribution in [0.5, 0.6) is 0 Å². The summed E-state index contributed by atoms with van der Waals surface area (Å²) in [5.74, 6) is -2.21. The summed E-state index contributed by atoms with van der Waals surface area (Å²) in [4.78, 5) is 16.4. The second kappa shape index (κ2) is 9.40. The van der Waals surface area contributed by atoms with E-state index in [1.807, 2.05) is 48.0 Å². The van der Waals surface area contributed by atoms with Gasteiger partial charge in [-0.15, -0.1) is 4.83 Å². The fourth-order valence-corrected chi connectivity index (χ4v) is 4.43. The number of hydrogen-bond donors (Lipinski definition) is 2. The monoisotopic (exact) mass is 455 g/mol. The molecule has 1 atom stereocenters. The third-order valence-electron chi connectivity index (χ3n) is 4.69. The van der Waals surface area contributed by atoms with Crippen molar-refractivity contribution < 1.29 is 22.3 Å². The number of nitrogens with zero attached hydrogens (tertiary/aromatic N) is 1. The van der Waals surface area contributed by atoms with E-state index in [0.29, 0.717) is 18.7 Å². The number of amides is 1. The number of carbonyl (C=O) groups excluding carboxylic acids is 1. The molecule has 2 N–H and O–H groups in total. The summed E-state index contributed by atoms with van der Waals surface area (Å²) in [6.45, 7) is 3.51. The number of aryl methyl sites for hydroxylation is 1. The summed E-state index contributed by atoms with van der Waals surface area (Å²) < 4.78 is 44.5. The number of halogens is 2. The third-order valence-corrected chi connectivity index (χ3v) is 6.19. The lowest BCUT2D eigenvalue weighted by Gasteiger charge is -2.29. The summed E-state index contributed by atoms with van der Waals surface area (Å²) in [7, 11) is -2.02. The molecule has 10 heteroatoms. The van der Waals surface area contributed by atoms with Crippen LogP contribution in [0, 0.1) is 12.7 Å². The molecule has 1 unspecified atom stereocenters. The smallest absolute Gasteiger partial charge is 0.269 e. The summed E-state index contributed by atoms with van der Waals surface area (Å²) in [6.07, 6.45) is -0.519. The Morgan fingerprint density at radius 2 is 2.07 bits per heavy atom. The number of hydrazine groups is 1. The standard InChI is InChI=1S/C20H23ClFN3O4S/c1-13-4-3-5-14(8-13)15-9-17(19(22)18(21)10-15)20(26)23-24-30(27,28)12-16-11-25(2)6-7-29-16/h3-5,8-10,16,24H,6-7,11-12H2,1-2H3,(H,23,26). The zero-order chi connectivity index (χ0) is 21.9. The quantitative estimate of drug-likeness (QED) is 0.653. The minimum absolute atomic E-state index is 0.236. The average Bonchev–Trinajstić information content (AvgIpc) is 2.68. The van der Waals surface area contributed by atoms with Crippen LogP contribution >= 0.6 is 11.6 Å². The topological polar surface area (TPSA) is 87.7 Å². The van der Waals surface area contributed by atoms with Gasteiger partial charge in [0.05, 0.1) is 29.0 Å². The van der Waals surface area contributed by atoms with Crippen LogP contribution in [0.1, 0.15) is 15.9 Å². The summed E-state index contributed by atoms with van der Waals surface area (Å²) >= 11 is 5.97. The summed E-state index contributed by atoms with van der Waals surface area (Å²) in [5.41, 5.74) is 3.97. The van der Waals surface area contributed by atoms with Gasteiger partial charge in [0, 0.05) is 13.1 Å². The molecule has 0 radical (unpaired) electrons. The van der Waals surface area contributed by atoms with Crippen LogP contribution in [-0.2, 0) is 14.8 Å². The molecule has 30 heavy (non-hydrogen) atoms. The molecule has 3 rings (SSSR count). The van der Waals surface area contributed by atoms with Crippen molar-refractivity contribution in [1.82, 2.24) is 15.2 Å². The zero-order valence-electron chi connectivity index (χ0n) is 16.6. The molecule has 1 aliphatic heterocycles. The number of hydrogen-bond acceptors (Lipinski definition) is 5. The highest BCUT2D eigenvalue weighted by Gasteiger charge is 2.25. The highest BCUT2D eigenvalue weighted by molar-refractivity contribution is 7.89. The van der Waals surface area contributed by atoms with Crippen molar-refractivity contribution in [3.8, 4) is 11.1 Å². The van der Waals surface area contributed by atoms with E-state index in [9.17, 15) is 17.6 Å². The molecule has 2 aromatic rings. The molecule has 162 valence electrons. The highest BCUT2D eigenvalue weighted by Crippen LogP contribution is 2.28. The first-order chi connectivity index (χ1) is 14.1. The minimum atomic E-state index is -3.89. The van der Waals surface area contributed by atoms with Crippen molar-refractivity contribution in [2.45, 2.75) is 13.0 Å². The first-order valence-corrected chi connectivity index (χ1v) is 11.3. The molecule has 1 saturated heterocycles. The van der Waals surface area contributed by atoms with Gasteiger partial charge in [0.1, 0.15) is 0 Å². The zero-order valence-corrected chi connectivity index (χ0v) is 18.2. The predicted molar refractivity (Wildman–Crippen MR) is 113 cm³/mol. The molecule has 0 bridgehead atoms. The van der Waals surface area contributed by atoms with Crippen LogP contribution in [0.15, 0.2) is 36.4 Å². The van der Waals surface area contributed by atoms with E-state index in [2.05, 4.69) is 5.43 Å². The molecule has 0 aromatic heterocycles. The first kappa shape index (κ1) is 22.6. The average molecular weight is 456 g/mol. The molecular weight excluding hydrogens is 433 g/mol. The van der Waals surface area contributed by atoms with Crippen molar-refractivity contribution in [2.75, 3.05) is 32.5 Å². The van der Waals surface area contributed by atoms with E-state index >= 15 is 0 Å². The van der Waals surface area contributed by atoms with Gasteiger partial charge in [0.2, 0.25) is 10.0 Å². The third kappa shape index (κ3) is 5.77. The Kier molecular flexibility index (Phi) is 7.10. The van der Waals surface area contributed by atoms with Gasteiger partial charge >= 0.3 is 0 Å². The Balaban J connectivity index is 1.73. The second-order valence-corrected chi connectivity index (χ2v) is 9.46. The summed E-state index contributed by atoms with van der Waals surface area (Å²) in [5, 5.41) is -0.236. The number of likely N-dealkylation sites (N-methyl/N-ethyl adjacent to an activating group) is 1. The number of rotatable bonds is 6. The Morgan fingerprint density at radius 3 is 2.77 bits per heavy atom. The number of benzene rings is 2. The Labute approximate surface area is 180 Å². The van der Waals surface area contributed by atoms with Crippen molar-refractivity contribution in [1.29, 1.82) is 0 Å². The van der Waals surface area contributed by atoms with Crippen LogP contribution in [0.2, 0.25) is 5.02 Å². The minimum Gasteiger partial charge on any atom is -0.374 e. The van der Waals surface area contributed by atoms with Crippen molar-refractivity contribution in [3.63, 3.8) is 0 Å². The number of morpholine rings is 1. The first-order valence-electron chi connectivity index (χ1n) is 9.30. The van der Waals surface area contributed by atoms with Crippen molar-refractivity contribution in [2.24, 2.45) is 0 Å². The largest absolute Gasteiger partial charge is 0.374 e. The van der Waals surface area contributed by atoms with E-state index in [1.165, 1.54) is 12.1 Å². The van der Waals surface area contributed by atoms with E-state index < -0.39 is 27.9 Å². The van der Waals surface area contributed by atoms with Crippen LogP contribution < -0.4 is 10.3 Å². The maximum atomic E-state index is 14.5. The molecule has 0 saturated carbocycles. The SMILES string of the molecule is Cc1cccc(-c2cc(Cl)c(F)c(C(=O)NNS(=O)(=O)CC3CN(C)CCO3)c2)c1. The fourth-order valence-electron chi connectivity index (χ4n) is 3.19. The number of ether oxygens (including phenoxy) is 1. The van der Waals surface area contributed by atoms with Gasteiger partial charge in [-0.1, -0.05) is 41.4 Å². The Bertz CT molecular complexity index is 1050. The highest BCUT2D eigenvalue weighted by atomic mass is 35.5. The number of sulfonamides is 1. The van der Waals surface area contributed by atoms with Gasteiger partial charge in [-0.3, -0.25) is 10.2 Å². The lowest BCUT2D eigenvalue weighted by atomic mass is 10.0. The maximum Gasteiger partial charge on any atom is 0.269 e. The van der Waals surface area contributed by atoms with Gasteiger partial charge in [0.25, 0.3) is 5.91 Å². The van der Waals surface area contributed by atoms with Crippen LogP contribution in [0.4, 0.5) is 4.39 Å². The van der Waals surface area contributed by atoms with E-state index in [0.717, 1.165) is 17.7 Å². The molecule has 7 nitrogen and oxygen atoms in total. The van der Waals surface area contributed by atoms with Gasteiger partial charge in [-0.25, -0.2) is 12.8 Å². The van der Waals surface area contributed by atoms with Gasteiger partial charge in [-0.2, -0.15) is 0 Å². The van der Waals surface area contributed by atoms with E-state index in [-0.39, 0.29) is 16.3 Å². The van der Waals surface area contributed by atoms with Gasteiger partial charge in [0.15, 0.2) is 5.82 Å². The van der Waals surface area contributed by atoms with Crippen molar-refractivity contribution >= 4 is 27.5 Å². The summed E-state index contributed by atoms with van der Waals surface area (Å²) in [6, 6.07) is 10.2. The number of nitrogens with one attached hydrogen (secondary N) is 2. The molecule has 1 amide bonds. The molecule has 1 heterocycles.